The minimum absolute atomic E-state index is 0.0414. The highest BCUT2D eigenvalue weighted by Gasteiger charge is 2.42. The molecule has 1 aromatic heterocycles. The number of anilines is 1. The van der Waals surface area contributed by atoms with Gasteiger partial charge in [-0.1, -0.05) is 38.3 Å². The number of benzene rings is 1. The molecule has 0 bridgehead atoms. The highest BCUT2D eigenvalue weighted by atomic mass is 16.5. The van der Waals surface area contributed by atoms with Gasteiger partial charge in [0, 0.05) is 6.07 Å². The fraction of sp³-hybridized carbons (Fsp3) is 0.478. The molecule has 2 aromatic rings. The smallest absolute Gasteiger partial charge is 0.235 e. The van der Waals surface area contributed by atoms with Crippen LogP contribution in [0.25, 0.3) is 0 Å². The number of nitrogens with zero attached hydrogens (tertiary/aromatic N) is 1. The number of ether oxygens (including phenoxy) is 2. The van der Waals surface area contributed by atoms with Gasteiger partial charge in [-0.3, -0.25) is 4.79 Å². The van der Waals surface area contributed by atoms with Crippen molar-refractivity contribution in [2.24, 2.45) is 0 Å². The minimum atomic E-state index is -0.491. The fourth-order valence-electron chi connectivity index (χ4n) is 3.85. The number of carbonyl (C=O) groups excluding carboxylic acids is 1. The van der Waals surface area contributed by atoms with Crippen LogP contribution in [0.15, 0.2) is 36.4 Å². The first kappa shape index (κ1) is 20.2. The molecule has 0 atom stereocenters. The number of aromatic nitrogens is 1. The Morgan fingerprint density at radius 1 is 1.14 bits per heavy atom. The Kier molecular flexibility index (Phi) is 6.55. The van der Waals surface area contributed by atoms with Crippen molar-refractivity contribution in [2.75, 3.05) is 19.0 Å². The average molecular weight is 383 g/mol. The molecule has 5 nitrogen and oxygen atoms in total. The molecule has 1 aliphatic carbocycles. The molecule has 3 rings (SSSR count). The van der Waals surface area contributed by atoms with Crippen LogP contribution in [-0.4, -0.2) is 24.6 Å². The number of methoxy groups -OCH3 is 1. The Labute approximate surface area is 167 Å². The van der Waals surface area contributed by atoms with Gasteiger partial charge < -0.3 is 14.8 Å². The maximum Gasteiger partial charge on any atom is 0.235 e. The molecule has 1 aromatic carbocycles. The largest absolute Gasteiger partial charge is 0.497 e. The second-order valence-electron chi connectivity index (χ2n) is 7.46. The third-order valence-corrected chi connectivity index (χ3v) is 5.59. The molecule has 5 heteroatoms. The topological polar surface area (TPSA) is 60.5 Å². The van der Waals surface area contributed by atoms with E-state index in [0.29, 0.717) is 12.5 Å². The van der Waals surface area contributed by atoms with Gasteiger partial charge in [0.25, 0.3) is 0 Å². The van der Waals surface area contributed by atoms with E-state index in [0.717, 1.165) is 61.2 Å². The molecule has 1 aliphatic rings. The first-order valence-corrected chi connectivity index (χ1v) is 10.2. The summed E-state index contributed by atoms with van der Waals surface area (Å²) < 4.78 is 10.9. The van der Waals surface area contributed by atoms with E-state index >= 15 is 0 Å². The number of aryl methyl sites for hydroxylation is 1. The third-order valence-electron chi connectivity index (χ3n) is 5.59. The van der Waals surface area contributed by atoms with Gasteiger partial charge in [0.05, 0.1) is 30.5 Å². The van der Waals surface area contributed by atoms with Crippen LogP contribution in [0, 0.1) is 6.92 Å². The maximum atomic E-state index is 13.3. The van der Waals surface area contributed by atoms with E-state index in [-0.39, 0.29) is 5.91 Å². The van der Waals surface area contributed by atoms with Crippen LogP contribution in [0.2, 0.25) is 0 Å². The van der Waals surface area contributed by atoms with E-state index in [2.05, 4.69) is 17.2 Å². The van der Waals surface area contributed by atoms with Gasteiger partial charge in [0.2, 0.25) is 11.8 Å². The predicted octanol–water partition coefficient (Wildman–Crippen LogP) is 5.03. The van der Waals surface area contributed by atoms with Crippen molar-refractivity contribution in [1.29, 1.82) is 0 Å². The van der Waals surface area contributed by atoms with Gasteiger partial charge in [0.15, 0.2) is 0 Å². The zero-order valence-corrected chi connectivity index (χ0v) is 17.1. The quantitative estimate of drug-likeness (QED) is 0.651. The highest BCUT2D eigenvalue weighted by molar-refractivity contribution is 5.99. The van der Waals surface area contributed by atoms with Crippen LogP contribution >= 0.6 is 0 Å². The van der Waals surface area contributed by atoms with Gasteiger partial charge >= 0.3 is 0 Å². The minimum Gasteiger partial charge on any atom is -0.497 e. The van der Waals surface area contributed by atoms with Crippen molar-refractivity contribution in [2.45, 2.75) is 57.8 Å². The number of unbranched alkanes of at least 4 members (excludes halogenated alkanes) is 1. The zero-order chi connectivity index (χ0) is 20.0. The molecule has 0 radical (unpaired) electrons. The van der Waals surface area contributed by atoms with Crippen molar-refractivity contribution in [3.05, 3.63) is 47.7 Å². The third kappa shape index (κ3) is 4.29. The summed E-state index contributed by atoms with van der Waals surface area (Å²) in [6, 6.07) is 11.6. The maximum absolute atomic E-state index is 13.3. The molecule has 0 saturated heterocycles. The van der Waals surface area contributed by atoms with E-state index < -0.39 is 5.41 Å². The Morgan fingerprint density at radius 2 is 1.86 bits per heavy atom. The van der Waals surface area contributed by atoms with Crippen molar-refractivity contribution in [1.82, 2.24) is 4.98 Å². The average Bonchev–Trinajstić information content (AvgIpc) is 3.21. The van der Waals surface area contributed by atoms with E-state index in [1.165, 1.54) is 0 Å². The lowest BCUT2D eigenvalue weighted by Crippen LogP contribution is -2.38. The number of rotatable bonds is 8. The van der Waals surface area contributed by atoms with E-state index in [1.54, 1.807) is 7.11 Å². The summed E-state index contributed by atoms with van der Waals surface area (Å²) in [6.45, 7) is 4.69. The SMILES string of the molecule is CCCCOc1ccc(NC(=O)C2(c3ccc(OC)cc3)CCCC2)c(C)n1. The number of hydrogen-bond donors (Lipinski definition) is 1. The molecule has 1 saturated carbocycles. The molecular weight excluding hydrogens is 352 g/mol. The highest BCUT2D eigenvalue weighted by Crippen LogP contribution is 2.42. The number of carbonyl (C=O) groups is 1. The summed E-state index contributed by atoms with van der Waals surface area (Å²) in [6.07, 6.45) is 5.91. The Bertz CT molecular complexity index is 796. The van der Waals surface area contributed by atoms with Gasteiger partial charge in [-0.05, 0) is 49.9 Å². The molecule has 0 unspecified atom stereocenters. The fourth-order valence-corrected chi connectivity index (χ4v) is 3.85. The van der Waals surface area contributed by atoms with Crippen molar-refractivity contribution in [3.8, 4) is 11.6 Å². The van der Waals surface area contributed by atoms with Gasteiger partial charge in [0.1, 0.15) is 5.75 Å². The van der Waals surface area contributed by atoms with Gasteiger partial charge in [-0.2, -0.15) is 0 Å². The standard InChI is InChI=1S/C23H30N2O3/c1-4-5-16-28-21-13-12-20(17(2)24-21)25-22(26)23(14-6-7-15-23)18-8-10-19(27-3)11-9-18/h8-13H,4-7,14-16H2,1-3H3,(H,25,26). The van der Waals surface area contributed by atoms with Crippen LogP contribution in [0.3, 0.4) is 0 Å². The summed E-state index contributed by atoms with van der Waals surface area (Å²) >= 11 is 0. The van der Waals surface area contributed by atoms with Crippen LogP contribution in [0.5, 0.6) is 11.6 Å². The molecule has 150 valence electrons. The van der Waals surface area contributed by atoms with E-state index in [4.69, 9.17) is 9.47 Å². The Morgan fingerprint density at radius 3 is 2.46 bits per heavy atom. The van der Waals surface area contributed by atoms with Crippen molar-refractivity contribution < 1.29 is 14.3 Å². The number of hydrogen-bond acceptors (Lipinski definition) is 4. The van der Waals surface area contributed by atoms with Crippen LogP contribution in [0.4, 0.5) is 5.69 Å². The summed E-state index contributed by atoms with van der Waals surface area (Å²) in [5.74, 6) is 1.45. The number of amides is 1. The number of pyridine rings is 1. The second kappa shape index (κ2) is 9.09. The van der Waals surface area contributed by atoms with Crippen molar-refractivity contribution >= 4 is 11.6 Å². The van der Waals surface area contributed by atoms with Crippen molar-refractivity contribution in [3.63, 3.8) is 0 Å². The summed E-state index contributed by atoms with van der Waals surface area (Å²) in [5.41, 5.74) is 2.07. The molecule has 0 spiro atoms. The molecule has 1 amide bonds. The monoisotopic (exact) mass is 382 g/mol. The first-order chi connectivity index (χ1) is 13.6. The van der Waals surface area contributed by atoms with Crippen LogP contribution in [0.1, 0.15) is 56.7 Å². The van der Waals surface area contributed by atoms with E-state index in [9.17, 15) is 4.79 Å². The van der Waals surface area contributed by atoms with E-state index in [1.807, 2.05) is 43.3 Å². The summed E-state index contributed by atoms with van der Waals surface area (Å²) in [7, 11) is 1.65. The lowest BCUT2D eigenvalue weighted by atomic mass is 9.78. The summed E-state index contributed by atoms with van der Waals surface area (Å²) in [4.78, 5) is 17.8. The predicted molar refractivity (Wildman–Crippen MR) is 111 cm³/mol. The molecule has 1 N–H and O–H groups in total. The summed E-state index contributed by atoms with van der Waals surface area (Å²) in [5, 5.41) is 3.13. The molecule has 0 aliphatic heterocycles. The molecule has 1 fully saturated rings. The molecular formula is C23H30N2O3. The van der Waals surface area contributed by atoms with Crippen LogP contribution < -0.4 is 14.8 Å². The van der Waals surface area contributed by atoms with Gasteiger partial charge in [-0.25, -0.2) is 4.98 Å². The lowest BCUT2D eigenvalue weighted by Gasteiger charge is -2.28. The van der Waals surface area contributed by atoms with Crippen LogP contribution in [-0.2, 0) is 10.2 Å². The Hall–Kier alpha value is -2.56. The lowest BCUT2D eigenvalue weighted by molar-refractivity contribution is -0.121. The Balaban J connectivity index is 1.77. The van der Waals surface area contributed by atoms with Gasteiger partial charge in [-0.15, -0.1) is 0 Å². The molecule has 28 heavy (non-hydrogen) atoms. The zero-order valence-electron chi connectivity index (χ0n) is 17.1. The normalized spacial score (nSPS) is 15.2. The first-order valence-electron chi connectivity index (χ1n) is 10.2. The molecule has 1 heterocycles. The number of nitrogens with one attached hydrogen (secondary N) is 1. The second-order valence-corrected chi connectivity index (χ2v) is 7.46.